The van der Waals surface area contributed by atoms with Crippen molar-refractivity contribution in [1.29, 1.82) is 0 Å². The number of carbonyl (C=O) groups is 1. The van der Waals surface area contributed by atoms with Crippen molar-refractivity contribution in [2.24, 2.45) is 0 Å². The Bertz CT molecular complexity index is 684. The first kappa shape index (κ1) is 13.3. The third kappa shape index (κ3) is 2.28. The van der Waals surface area contributed by atoms with Crippen LogP contribution in [0.2, 0.25) is 0 Å². The molecule has 4 rings (SSSR count). The van der Waals surface area contributed by atoms with Crippen molar-refractivity contribution in [3.05, 3.63) is 48.0 Å². The molecule has 2 saturated heterocycles. The summed E-state index contributed by atoms with van der Waals surface area (Å²) < 4.78 is 0. The van der Waals surface area contributed by atoms with Gasteiger partial charge in [-0.25, -0.2) is 0 Å². The summed E-state index contributed by atoms with van der Waals surface area (Å²) >= 11 is 3.74. The van der Waals surface area contributed by atoms with E-state index in [4.69, 9.17) is 0 Å². The fraction of sp³-hybridized carbons (Fsp3) is 0.389. The predicted octanol–water partition coefficient (Wildman–Crippen LogP) is 4.37. The molecule has 0 aliphatic carbocycles. The topological polar surface area (TPSA) is 20.3 Å². The molecule has 21 heavy (non-hydrogen) atoms. The van der Waals surface area contributed by atoms with Crippen molar-refractivity contribution in [2.75, 3.05) is 0 Å². The zero-order valence-corrected chi connectivity index (χ0v) is 13.4. The number of carbonyl (C=O) groups excluding carboxylic acids is 1. The van der Waals surface area contributed by atoms with E-state index in [-0.39, 0.29) is 5.91 Å². The second-order valence-corrected chi connectivity index (χ2v) is 7.52. The molecule has 0 spiro atoms. The first-order valence-corrected chi connectivity index (χ1v) is 8.59. The Morgan fingerprint density at radius 1 is 1.00 bits per heavy atom. The smallest absolute Gasteiger partial charge is 0.254 e. The van der Waals surface area contributed by atoms with Gasteiger partial charge in [-0.05, 0) is 48.6 Å². The highest BCUT2D eigenvalue weighted by Crippen LogP contribution is 2.39. The first-order chi connectivity index (χ1) is 10.2. The fourth-order valence-corrected chi connectivity index (χ4v) is 4.78. The zero-order chi connectivity index (χ0) is 14.4. The summed E-state index contributed by atoms with van der Waals surface area (Å²) in [7, 11) is 0. The maximum atomic E-state index is 12.9. The van der Waals surface area contributed by atoms with E-state index in [0.717, 1.165) is 36.6 Å². The number of nitrogens with zero attached hydrogens (tertiary/aromatic N) is 1. The molecule has 3 heteroatoms. The fourth-order valence-electron chi connectivity index (χ4n) is 3.91. The molecule has 0 radical (unpaired) electrons. The molecule has 2 fully saturated rings. The second-order valence-electron chi connectivity index (χ2n) is 6.23. The monoisotopic (exact) mass is 343 g/mol. The van der Waals surface area contributed by atoms with Gasteiger partial charge in [0.25, 0.3) is 5.91 Å². The number of hydrogen-bond acceptors (Lipinski definition) is 1. The number of amides is 1. The maximum absolute atomic E-state index is 12.9. The number of piperidine rings is 1. The lowest BCUT2D eigenvalue weighted by Gasteiger charge is -2.37. The van der Waals surface area contributed by atoms with Gasteiger partial charge in [0.05, 0.1) is 0 Å². The molecule has 0 saturated carbocycles. The van der Waals surface area contributed by atoms with Crippen LogP contribution in [-0.2, 0) is 0 Å². The highest BCUT2D eigenvalue weighted by Gasteiger charge is 2.42. The number of alkyl halides is 1. The second kappa shape index (κ2) is 5.13. The highest BCUT2D eigenvalue weighted by molar-refractivity contribution is 9.09. The van der Waals surface area contributed by atoms with Gasteiger partial charge >= 0.3 is 0 Å². The molecule has 2 aromatic carbocycles. The predicted molar refractivity (Wildman–Crippen MR) is 88.9 cm³/mol. The van der Waals surface area contributed by atoms with Gasteiger partial charge in [-0.15, -0.1) is 0 Å². The third-order valence-corrected chi connectivity index (χ3v) is 5.65. The Hall–Kier alpha value is -1.35. The van der Waals surface area contributed by atoms with E-state index in [0.29, 0.717) is 16.9 Å². The molecule has 108 valence electrons. The molecule has 2 bridgehead atoms. The largest absolute Gasteiger partial charge is 0.333 e. The van der Waals surface area contributed by atoms with Gasteiger partial charge in [0, 0.05) is 22.5 Å². The van der Waals surface area contributed by atoms with E-state index in [1.165, 1.54) is 5.39 Å². The van der Waals surface area contributed by atoms with Crippen molar-refractivity contribution < 1.29 is 4.79 Å². The summed E-state index contributed by atoms with van der Waals surface area (Å²) in [6.07, 6.45) is 4.50. The summed E-state index contributed by atoms with van der Waals surface area (Å²) in [6, 6.07) is 15.1. The zero-order valence-electron chi connectivity index (χ0n) is 11.8. The van der Waals surface area contributed by atoms with Gasteiger partial charge in [-0.3, -0.25) is 4.79 Å². The number of rotatable bonds is 1. The standard InChI is InChI=1S/C18H18BrNO/c19-15-10-16-7-8-17(11-15)20(16)18(21)14-6-5-12-3-1-2-4-13(12)9-14/h1-6,9,15-17H,7-8,10-11H2. The van der Waals surface area contributed by atoms with Crippen molar-refractivity contribution in [2.45, 2.75) is 42.6 Å². The van der Waals surface area contributed by atoms with Crippen LogP contribution in [0.3, 0.4) is 0 Å². The summed E-state index contributed by atoms with van der Waals surface area (Å²) in [5, 5.41) is 2.34. The number of fused-ring (bicyclic) bond motifs is 3. The quantitative estimate of drug-likeness (QED) is 0.704. The Kier molecular flexibility index (Phi) is 3.26. The van der Waals surface area contributed by atoms with E-state index >= 15 is 0 Å². The maximum Gasteiger partial charge on any atom is 0.254 e. The molecule has 0 N–H and O–H groups in total. The van der Waals surface area contributed by atoms with Crippen molar-refractivity contribution in [1.82, 2.24) is 4.90 Å². The molecule has 2 unspecified atom stereocenters. The Morgan fingerprint density at radius 3 is 2.38 bits per heavy atom. The van der Waals surface area contributed by atoms with Crippen LogP contribution in [0.5, 0.6) is 0 Å². The normalized spacial score (nSPS) is 28.0. The molecule has 2 nitrogen and oxygen atoms in total. The van der Waals surface area contributed by atoms with E-state index in [9.17, 15) is 4.79 Å². The van der Waals surface area contributed by atoms with Crippen LogP contribution in [-0.4, -0.2) is 27.7 Å². The van der Waals surface area contributed by atoms with E-state index < -0.39 is 0 Å². The molecule has 2 atom stereocenters. The minimum atomic E-state index is 0.215. The van der Waals surface area contributed by atoms with E-state index in [1.54, 1.807) is 0 Å². The SMILES string of the molecule is O=C(c1ccc2ccccc2c1)N1C2CCC1CC(Br)C2. The van der Waals surface area contributed by atoms with Gasteiger partial charge in [-0.2, -0.15) is 0 Å². The van der Waals surface area contributed by atoms with Crippen molar-refractivity contribution in [3.63, 3.8) is 0 Å². The van der Waals surface area contributed by atoms with Crippen molar-refractivity contribution in [3.8, 4) is 0 Å². The van der Waals surface area contributed by atoms with Gasteiger partial charge in [0.15, 0.2) is 0 Å². The van der Waals surface area contributed by atoms with Gasteiger partial charge < -0.3 is 4.90 Å². The highest BCUT2D eigenvalue weighted by atomic mass is 79.9. The van der Waals surface area contributed by atoms with Crippen LogP contribution in [0, 0.1) is 0 Å². The number of benzene rings is 2. The average molecular weight is 344 g/mol. The van der Waals surface area contributed by atoms with Crippen molar-refractivity contribution >= 4 is 32.6 Å². The summed E-state index contributed by atoms with van der Waals surface area (Å²) in [6.45, 7) is 0. The molecular formula is C18H18BrNO. The summed E-state index contributed by atoms with van der Waals surface area (Å²) in [5.74, 6) is 0.215. The van der Waals surface area contributed by atoms with Gasteiger partial charge in [0.1, 0.15) is 0 Å². The lowest BCUT2D eigenvalue weighted by atomic mass is 10.00. The van der Waals surface area contributed by atoms with Crippen LogP contribution < -0.4 is 0 Å². The molecule has 2 aliphatic heterocycles. The van der Waals surface area contributed by atoms with Crippen LogP contribution >= 0.6 is 15.9 Å². The lowest BCUT2D eigenvalue weighted by molar-refractivity contribution is 0.0603. The average Bonchev–Trinajstić information content (AvgIpc) is 2.78. The van der Waals surface area contributed by atoms with E-state index in [2.05, 4.69) is 39.0 Å². The Morgan fingerprint density at radius 2 is 1.67 bits per heavy atom. The summed E-state index contributed by atoms with van der Waals surface area (Å²) in [5.41, 5.74) is 0.832. The van der Waals surface area contributed by atoms with Crippen LogP contribution in [0.4, 0.5) is 0 Å². The number of hydrogen-bond donors (Lipinski definition) is 0. The summed E-state index contributed by atoms with van der Waals surface area (Å²) in [4.78, 5) is 15.7. The van der Waals surface area contributed by atoms with Gasteiger partial charge in [-0.1, -0.05) is 46.3 Å². The molecule has 1 amide bonds. The lowest BCUT2D eigenvalue weighted by Crippen LogP contribution is -2.46. The van der Waals surface area contributed by atoms with Crippen LogP contribution in [0.1, 0.15) is 36.0 Å². The Balaban J connectivity index is 1.67. The molecule has 0 aromatic heterocycles. The molecule has 2 aliphatic rings. The molecule has 2 aromatic rings. The third-order valence-electron chi connectivity index (χ3n) is 4.91. The first-order valence-electron chi connectivity index (χ1n) is 7.68. The molecular weight excluding hydrogens is 326 g/mol. The minimum absolute atomic E-state index is 0.215. The molecule has 2 heterocycles. The number of halogens is 1. The van der Waals surface area contributed by atoms with E-state index in [1.807, 2.05) is 24.3 Å². The Labute approximate surface area is 133 Å². The van der Waals surface area contributed by atoms with Crippen LogP contribution in [0.25, 0.3) is 10.8 Å². The van der Waals surface area contributed by atoms with Gasteiger partial charge in [0.2, 0.25) is 0 Å². The van der Waals surface area contributed by atoms with Crippen LogP contribution in [0.15, 0.2) is 42.5 Å². The minimum Gasteiger partial charge on any atom is -0.333 e.